The van der Waals surface area contributed by atoms with Crippen molar-refractivity contribution in [3.8, 4) is 5.75 Å². The normalized spacial score (nSPS) is 21.0. The molecule has 0 aliphatic carbocycles. The number of rotatable bonds is 3. The van der Waals surface area contributed by atoms with Crippen LogP contribution in [0.4, 0.5) is 13.2 Å². The second kappa shape index (κ2) is 5.18. The molecule has 2 nitrogen and oxygen atoms in total. The Morgan fingerprint density at radius 1 is 1.33 bits per heavy atom. The van der Waals surface area contributed by atoms with Gasteiger partial charge in [0.15, 0.2) is 0 Å². The fourth-order valence-corrected chi connectivity index (χ4v) is 2.15. The maximum absolute atomic E-state index is 12.1. The fraction of sp³-hybridized carbons (Fsp3) is 0.538. The highest BCUT2D eigenvalue weighted by Crippen LogP contribution is 2.31. The largest absolute Gasteiger partial charge is 0.493 e. The van der Waals surface area contributed by atoms with Crippen LogP contribution >= 0.6 is 0 Å². The Morgan fingerprint density at radius 2 is 2.06 bits per heavy atom. The molecule has 0 bridgehead atoms. The van der Waals surface area contributed by atoms with Crippen LogP contribution in [-0.2, 0) is 6.42 Å². The van der Waals surface area contributed by atoms with Crippen molar-refractivity contribution in [2.45, 2.75) is 31.5 Å². The van der Waals surface area contributed by atoms with Gasteiger partial charge in [0.05, 0.1) is 12.7 Å². The van der Waals surface area contributed by atoms with E-state index in [0.29, 0.717) is 6.42 Å². The van der Waals surface area contributed by atoms with Gasteiger partial charge in [0.25, 0.3) is 0 Å². The predicted molar refractivity (Wildman–Crippen MR) is 60.4 cm³/mol. The first-order chi connectivity index (χ1) is 8.46. The van der Waals surface area contributed by atoms with E-state index < -0.39 is 18.7 Å². The van der Waals surface area contributed by atoms with Crippen LogP contribution in [0.15, 0.2) is 24.3 Å². The molecule has 0 spiro atoms. The number of halogens is 3. The minimum Gasteiger partial charge on any atom is -0.493 e. The summed E-state index contributed by atoms with van der Waals surface area (Å²) in [5, 5.41) is 9.78. The van der Waals surface area contributed by atoms with Crippen LogP contribution in [0.25, 0.3) is 0 Å². The molecule has 2 unspecified atom stereocenters. The Balaban J connectivity index is 1.92. The van der Waals surface area contributed by atoms with E-state index in [-0.39, 0.29) is 18.9 Å². The summed E-state index contributed by atoms with van der Waals surface area (Å²) >= 11 is 0. The minimum atomic E-state index is -4.21. The summed E-state index contributed by atoms with van der Waals surface area (Å²) < 4.78 is 41.7. The fourth-order valence-electron chi connectivity index (χ4n) is 2.15. The smallest absolute Gasteiger partial charge is 0.389 e. The third kappa shape index (κ3) is 3.38. The summed E-state index contributed by atoms with van der Waals surface area (Å²) in [6, 6.07) is 7.40. The molecule has 5 heteroatoms. The van der Waals surface area contributed by atoms with E-state index in [4.69, 9.17) is 4.74 Å². The standard InChI is InChI=1S/C13H15F3O2/c14-13(15,16)6-5-11(17)10-7-9-3-1-2-4-12(9)18-8-10/h1-4,10-11,17H,5-8H2. The molecular formula is C13H15F3O2. The number of para-hydroxylation sites is 1. The number of alkyl halides is 3. The van der Waals surface area contributed by atoms with Gasteiger partial charge in [-0.15, -0.1) is 0 Å². The third-order valence-electron chi connectivity index (χ3n) is 3.18. The number of hydrogen-bond acceptors (Lipinski definition) is 2. The maximum atomic E-state index is 12.1. The zero-order valence-electron chi connectivity index (χ0n) is 9.78. The third-order valence-corrected chi connectivity index (χ3v) is 3.18. The van der Waals surface area contributed by atoms with E-state index in [1.54, 1.807) is 0 Å². The molecule has 0 saturated carbocycles. The molecule has 0 amide bonds. The molecule has 0 fully saturated rings. The van der Waals surface area contributed by atoms with Crippen molar-refractivity contribution in [1.29, 1.82) is 0 Å². The lowest BCUT2D eigenvalue weighted by molar-refractivity contribution is -0.142. The molecule has 0 radical (unpaired) electrons. The van der Waals surface area contributed by atoms with E-state index >= 15 is 0 Å². The molecular weight excluding hydrogens is 245 g/mol. The van der Waals surface area contributed by atoms with Crippen LogP contribution in [0, 0.1) is 5.92 Å². The molecule has 1 aliphatic heterocycles. The number of hydrogen-bond donors (Lipinski definition) is 1. The van der Waals surface area contributed by atoms with Gasteiger partial charge in [0.1, 0.15) is 5.75 Å². The molecule has 2 rings (SSSR count). The lowest BCUT2D eigenvalue weighted by atomic mass is 9.90. The van der Waals surface area contributed by atoms with Gasteiger partial charge in [-0.3, -0.25) is 0 Å². The zero-order chi connectivity index (χ0) is 13.2. The highest BCUT2D eigenvalue weighted by atomic mass is 19.4. The number of aliphatic hydroxyl groups excluding tert-OH is 1. The van der Waals surface area contributed by atoms with Gasteiger partial charge in [-0.2, -0.15) is 13.2 Å². The van der Waals surface area contributed by atoms with Gasteiger partial charge in [-0.25, -0.2) is 0 Å². The van der Waals surface area contributed by atoms with Crippen LogP contribution in [-0.4, -0.2) is 24.0 Å². The van der Waals surface area contributed by atoms with Crippen molar-refractivity contribution in [3.63, 3.8) is 0 Å². The Labute approximate surface area is 103 Å². The minimum absolute atomic E-state index is 0.262. The number of aliphatic hydroxyl groups is 1. The Bertz CT molecular complexity index is 403. The van der Waals surface area contributed by atoms with Crippen LogP contribution in [0.5, 0.6) is 5.75 Å². The lowest BCUT2D eigenvalue weighted by Gasteiger charge is -2.29. The summed E-state index contributed by atoms with van der Waals surface area (Å²) in [5.74, 6) is 0.499. The van der Waals surface area contributed by atoms with Gasteiger partial charge in [-0.05, 0) is 24.5 Å². The van der Waals surface area contributed by atoms with Gasteiger partial charge < -0.3 is 9.84 Å². The summed E-state index contributed by atoms with van der Waals surface area (Å²) in [6.07, 6.45) is -5.84. The van der Waals surface area contributed by atoms with Gasteiger partial charge in [-0.1, -0.05) is 18.2 Å². The molecule has 1 aromatic carbocycles. The van der Waals surface area contributed by atoms with E-state index in [1.165, 1.54) is 0 Å². The monoisotopic (exact) mass is 260 g/mol. The summed E-state index contributed by atoms with van der Waals surface area (Å²) in [7, 11) is 0. The Morgan fingerprint density at radius 3 is 2.78 bits per heavy atom. The molecule has 1 aromatic rings. The molecule has 1 heterocycles. The van der Waals surface area contributed by atoms with Crippen LogP contribution in [0.1, 0.15) is 18.4 Å². The van der Waals surface area contributed by atoms with Crippen molar-refractivity contribution in [2.24, 2.45) is 5.92 Å². The van der Waals surface area contributed by atoms with Gasteiger partial charge in [0, 0.05) is 12.3 Å². The van der Waals surface area contributed by atoms with Crippen molar-refractivity contribution in [3.05, 3.63) is 29.8 Å². The summed E-state index contributed by atoms with van der Waals surface area (Å²) in [6.45, 7) is 0.274. The van der Waals surface area contributed by atoms with Crippen molar-refractivity contribution >= 4 is 0 Å². The lowest BCUT2D eigenvalue weighted by Crippen LogP contribution is -2.32. The first kappa shape index (κ1) is 13.2. The van der Waals surface area contributed by atoms with Crippen molar-refractivity contribution in [2.75, 3.05) is 6.61 Å². The SMILES string of the molecule is OC(CCC(F)(F)F)C1COc2ccccc2C1. The number of ether oxygens (including phenoxy) is 1. The summed E-state index contributed by atoms with van der Waals surface area (Å²) in [4.78, 5) is 0. The molecule has 100 valence electrons. The molecule has 0 aromatic heterocycles. The number of benzene rings is 1. The first-order valence-corrected chi connectivity index (χ1v) is 5.91. The molecule has 2 atom stereocenters. The maximum Gasteiger partial charge on any atom is 0.389 e. The Hall–Kier alpha value is -1.23. The van der Waals surface area contributed by atoms with Crippen LogP contribution < -0.4 is 4.74 Å². The van der Waals surface area contributed by atoms with E-state index in [9.17, 15) is 18.3 Å². The van der Waals surface area contributed by atoms with Crippen molar-refractivity contribution in [1.82, 2.24) is 0 Å². The quantitative estimate of drug-likeness (QED) is 0.905. The second-order valence-electron chi connectivity index (χ2n) is 4.60. The highest BCUT2D eigenvalue weighted by molar-refractivity contribution is 5.35. The zero-order valence-corrected chi connectivity index (χ0v) is 9.78. The second-order valence-corrected chi connectivity index (χ2v) is 4.60. The molecule has 18 heavy (non-hydrogen) atoms. The van der Waals surface area contributed by atoms with Gasteiger partial charge in [0.2, 0.25) is 0 Å². The average Bonchev–Trinajstić information content (AvgIpc) is 2.34. The van der Waals surface area contributed by atoms with Gasteiger partial charge >= 0.3 is 6.18 Å². The van der Waals surface area contributed by atoms with Crippen molar-refractivity contribution < 1.29 is 23.0 Å². The topological polar surface area (TPSA) is 29.5 Å². The van der Waals surface area contributed by atoms with E-state index in [2.05, 4.69) is 0 Å². The first-order valence-electron chi connectivity index (χ1n) is 5.91. The van der Waals surface area contributed by atoms with Crippen LogP contribution in [0.3, 0.4) is 0 Å². The average molecular weight is 260 g/mol. The number of fused-ring (bicyclic) bond motifs is 1. The molecule has 1 aliphatic rings. The Kier molecular flexibility index (Phi) is 3.80. The van der Waals surface area contributed by atoms with E-state index in [0.717, 1.165) is 11.3 Å². The predicted octanol–water partition coefficient (Wildman–Crippen LogP) is 2.94. The summed E-state index contributed by atoms with van der Waals surface area (Å²) in [5.41, 5.74) is 0.944. The molecule has 0 saturated heterocycles. The highest BCUT2D eigenvalue weighted by Gasteiger charge is 2.32. The van der Waals surface area contributed by atoms with Crippen LogP contribution in [0.2, 0.25) is 0 Å². The van der Waals surface area contributed by atoms with E-state index in [1.807, 2.05) is 24.3 Å². The molecule has 1 N–H and O–H groups in total.